The predicted molar refractivity (Wildman–Crippen MR) is 121 cm³/mol. The lowest BCUT2D eigenvalue weighted by Crippen LogP contribution is -2.48. The maximum absolute atomic E-state index is 5.57. The Kier molecular flexibility index (Phi) is 7.18. The second-order valence-electron chi connectivity index (χ2n) is 7.62. The van der Waals surface area contributed by atoms with Gasteiger partial charge in [-0.25, -0.2) is 4.68 Å². The summed E-state index contributed by atoms with van der Waals surface area (Å²) in [6.07, 6.45) is 0. The van der Waals surface area contributed by atoms with E-state index in [0.29, 0.717) is 13.2 Å². The smallest absolute Gasteiger partial charge is 0.173 e. The zero-order valence-corrected chi connectivity index (χ0v) is 18.8. The van der Waals surface area contributed by atoms with Gasteiger partial charge in [-0.1, -0.05) is 24.3 Å². The number of anilines is 1. The van der Waals surface area contributed by atoms with Gasteiger partial charge < -0.3 is 19.1 Å². The Morgan fingerprint density at radius 3 is 2.34 bits per heavy atom. The maximum Gasteiger partial charge on any atom is 0.173 e. The summed E-state index contributed by atoms with van der Waals surface area (Å²) >= 11 is 0. The first-order valence-corrected chi connectivity index (χ1v) is 10.8. The number of hydrogen-bond donors (Lipinski definition) is 0. The fourth-order valence-corrected chi connectivity index (χ4v) is 4.17. The summed E-state index contributed by atoms with van der Waals surface area (Å²) in [6, 6.07) is 16.2. The van der Waals surface area contributed by atoms with Crippen molar-refractivity contribution in [3.8, 4) is 11.5 Å². The van der Waals surface area contributed by atoms with Crippen LogP contribution in [-0.4, -0.2) is 79.2 Å². The van der Waals surface area contributed by atoms with Crippen molar-refractivity contribution in [2.45, 2.75) is 12.6 Å². The molecule has 1 fully saturated rings. The number of hydrogen-bond acceptors (Lipinski definition) is 8. The Bertz CT molecular complexity index is 985. The minimum Gasteiger partial charge on any atom is -0.497 e. The number of rotatable bonds is 9. The fraction of sp³-hybridized carbons (Fsp3) is 0.435. The molecule has 4 rings (SSSR count). The lowest BCUT2D eigenvalue weighted by Gasteiger charge is -2.40. The topological polar surface area (TPSA) is 77.8 Å². The SMILES string of the molecule is COCCn1nnnc1[C@H](c1ccc(OC)cc1)N1CCN(c2ccccc2OC)CC1. The van der Waals surface area contributed by atoms with Crippen LogP contribution >= 0.6 is 0 Å². The van der Waals surface area contributed by atoms with Crippen LogP contribution in [0.2, 0.25) is 0 Å². The first kappa shape index (κ1) is 22.0. The van der Waals surface area contributed by atoms with E-state index in [4.69, 9.17) is 14.2 Å². The summed E-state index contributed by atoms with van der Waals surface area (Å²) in [5, 5.41) is 12.6. The third kappa shape index (κ3) is 4.68. The molecule has 1 atom stereocenters. The molecule has 0 amide bonds. The standard InChI is InChI=1S/C23H30N6O3/c1-30-17-16-29-23(24-25-26-29)22(18-8-10-19(31-2)11-9-18)28-14-12-27(13-15-28)20-6-4-5-7-21(20)32-3/h4-11,22H,12-17H2,1-3H3/t22-/m0/s1. The van der Waals surface area contributed by atoms with Crippen molar-refractivity contribution < 1.29 is 14.2 Å². The first-order chi connectivity index (χ1) is 15.7. The van der Waals surface area contributed by atoms with E-state index in [-0.39, 0.29) is 6.04 Å². The molecule has 0 aliphatic carbocycles. The number of methoxy groups -OCH3 is 3. The fourth-order valence-electron chi connectivity index (χ4n) is 4.17. The lowest BCUT2D eigenvalue weighted by atomic mass is 10.0. The summed E-state index contributed by atoms with van der Waals surface area (Å²) in [5.74, 6) is 2.54. The van der Waals surface area contributed by atoms with E-state index in [1.165, 1.54) is 0 Å². The summed E-state index contributed by atoms with van der Waals surface area (Å²) in [5.41, 5.74) is 2.26. The van der Waals surface area contributed by atoms with Crippen LogP contribution in [0.15, 0.2) is 48.5 Å². The first-order valence-electron chi connectivity index (χ1n) is 10.8. The van der Waals surface area contributed by atoms with E-state index in [2.05, 4.69) is 43.5 Å². The Hall–Kier alpha value is -3.17. The zero-order valence-electron chi connectivity index (χ0n) is 18.8. The Balaban J connectivity index is 1.59. The highest BCUT2D eigenvalue weighted by Crippen LogP contribution is 2.32. The van der Waals surface area contributed by atoms with Crippen molar-refractivity contribution in [2.24, 2.45) is 0 Å². The average molecular weight is 439 g/mol. The van der Waals surface area contributed by atoms with Gasteiger partial charge in [0.05, 0.1) is 39.1 Å². The highest BCUT2D eigenvalue weighted by molar-refractivity contribution is 5.58. The zero-order chi connectivity index (χ0) is 22.3. The Morgan fingerprint density at radius 2 is 1.66 bits per heavy atom. The van der Waals surface area contributed by atoms with Crippen LogP contribution in [-0.2, 0) is 11.3 Å². The molecule has 1 aliphatic heterocycles. The van der Waals surface area contributed by atoms with Crippen molar-refractivity contribution in [1.82, 2.24) is 25.1 Å². The maximum atomic E-state index is 5.57. The molecule has 1 saturated heterocycles. The van der Waals surface area contributed by atoms with Crippen molar-refractivity contribution in [1.29, 1.82) is 0 Å². The summed E-state index contributed by atoms with van der Waals surface area (Å²) in [4.78, 5) is 4.80. The molecule has 32 heavy (non-hydrogen) atoms. The molecule has 0 spiro atoms. The number of aromatic nitrogens is 4. The van der Waals surface area contributed by atoms with Gasteiger partial charge in [-0.15, -0.1) is 5.10 Å². The van der Waals surface area contributed by atoms with Crippen LogP contribution in [0.5, 0.6) is 11.5 Å². The van der Waals surface area contributed by atoms with Crippen molar-refractivity contribution in [2.75, 3.05) is 59.0 Å². The normalized spacial score (nSPS) is 15.5. The summed E-state index contributed by atoms with van der Waals surface area (Å²) in [6.45, 7) is 4.65. The second-order valence-corrected chi connectivity index (χ2v) is 7.62. The molecule has 0 radical (unpaired) electrons. The molecule has 2 aromatic carbocycles. The number of nitrogens with zero attached hydrogens (tertiary/aromatic N) is 6. The number of tetrazole rings is 1. The van der Waals surface area contributed by atoms with Gasteiger partial charge in [0, 0.05) is 33.3 Å². The molecule has 0 unspecified atom stereocenters. The van der Waals surface area contributed by atoms with Gasteiger partial charge in [0.1, 0.15) is 11.5 Å². The van der Waals surface area contributed by atoms with Crippen LogP contribution in [0, 0.1) is 0 Å². The number of ether oxygens (including phenoxy) is 3. The summed E-state index contributed by atoms with van der Waals surface area (Å²) in [7, 11) is 5.07. The highest BCUT2D eigenvalue weighted by atomic mass is 16.5. The molecule has 9 heteroatoms. The van der Waals surface area contributed by atoms with Crippen LogP contribution in [0.1, 0.15) is 17.4 Å². The quantitative estimate of drug-likeness (QED) is 0.504. The molecule has 9 nitrogen and oxygen atoms in total. The van der Waals surface area contributed by atoms with E-state index in [9.17, 15) is 0 Å². The third-order valence-electron chi connectivity index (χ3n) is 5.85. The molecule has 170 valence electrons. The van der Waals surface area contributed by atoms with Gasteiger partial charge in [-0.3, -0.25) is 4.90 Å². The minimum absolute atomic E-state index is 0.0624. The highest BCUT2D eigenvalue weighted by Gasteiger charge is 2.31. The minimum atomic E-state index is -0.0624. The third-order valence-corrected chi connectivity index (χ3v) is 5.85. The van der Waals surface area contributed by atoms with Crippen molar-refractivity contribution in [3.63, 3.8) is 0 Å². The molecule has 2 heterocycles. The van der Waals surface area contributed by atoms with Gasteiger partial charge in [-0.05, 0) is 40.3 Å². The molecule has 0 bridgehead atoms. The Labute approximate surface area is 188 Å². The van der Waals surface area contributed by atoms with Gasteiger partial charge in [0.25, 0.3) is 0 Å². The van der Waals surface area contributed by atoms with E-state index in [1.54, 1.807) is 21.3 Å². The molecular weight excluding hydrogens is 408 g/mol. The lowest BCUT2D eigenvalue weighted by molar-refractivity contribution is 0.171. The molecule has 1 aliphatic rings. The van der Waals surface area contributed by atoms with E-state index in [0.717, 1.165) is 54.8 Å². The molecule has 0 saturated carbocycles. The molecule has 3 aromatic rings. The van der Waals surface area contributed by atoms with Crippen molar-refractivity contribution in [3.05, 3.63) is 59.9 Å². The van der Waals surface area contributed by atoms with Gasteiger partial charge >= 0.3 is 0 Å². The second kappa shape index (κ2) is 10.4. The van der Waals surface area contributed by atoms with Crippen molar-refractivity contribution >= 4 is 5.69 Å². The van der Waals surface area contributed by atoms with Crippen LogP contribution in [0.25, 0.3) is 0 Å². The summed E-state index contributed by atoms with van der Waals surface area (Å²) < 4.78 is 18.0. The predicted octanol–water partition coefficient (Wildman–Crippen LogP) is 2.25. The van der Waals surface area contributed by atoms with Gasteiger partial charge in [0.15, 0.2) is 5.82 Å². The molecule has 0 N–H and O–H groups in total. The van der Waals surface area contributed by atoms with Crippen LogP contribution in [0.4, 0.5) is 5.69 Å². The number of para-hydroxylation sites is 2. The van der Waals surface area contributed by atoms with E-state index >= 15 is 0 Å². The Morgan fingerprint density at radius 1 is 0.906 bits per heavy atom. The number of piperazine rings is 1. The van der Waals surface area contributed by atoms with E-state index < -0.39 is 0 Å². The average Bonchev–Trinajstić information content (AvgIpc) is 3.31. The van der Waals surface area contributed by atoms with E-state index in [1.807, 2.05) is 35.0 Å². The molecule has 1 aromatic heterocycles. The van der Waals surface area contributed by atoms with Gasteiger partial charge in [0.2, 0.25) is 0 Å². The number of benzene rings is 2. The van der Waals surface area contributed by atoms with Crippen LogP contribution in [0.3, 0.4) is 0 Å². The van der Waals surface area contributed by atoms with Gasteiger partial charge in [-0.2, -0.15) is 0 Å². The largest absolute Gasteiger partial charge is 0.497 e. The molecular formula is C23H30N6O3. The monoisotopic (exact) mass is 438 g/mol. The van der Waals surface area contributed by atoms with Crippen LogP contribution < -0.4 is 14.4 Å².